The van der Waals surface area contributed by atoms with E-state index in [9.17, 15) is 0 Å². The molecule has 0 saturated heterocycles. The first-order valence-electron chi connectivity index (χ1n) is 1.63. The molecule has 0 amide bonds. The molecule has 0 aromatic carbocycles. The van der Waals surface area contributed by atoms with E-state index in [2.05, 4.69) is 31.5 Å². The van der Waals surface area contributed by atoms with E-state index >= 15 is 0 Å². The Labute approximate surface area is 76.1 Å². The van der Waals surface area contributed by atoms with Crippen LogP contribution in [0.25, 0.3) is 0 Å². The smallest absolute Gasteiger partial charge is 0.0162 e. The lowest BCUT2D eigenvalue weighted by Crippen LogP contribution is -1.46. The molecule has 0 aromatic heterocycles. The highest BCUT2D eigenvalue weighted by atomic mass is 127. The van der Waals surface area contributed by atoms with Crippen molar-refractivity contribution in [3.05, 3.63) is 0 Å². The fourth-order valence-electron chi connectivity index (χ4n) is 0.110. The predicted octanol–water partition coefficient (Wildman–Crippen LogP) is 1.78. The van der Waals surface area contributed by atoms with Gasteiger partial charge in [0.1, 0.15) is 0 Å². The lowest BCUT2D eigenvalue weighted by atomic mass is 10.6. The predicted molar refractivity (Wildman–Crippen MR) is 51.4 cm³/mol. The Kier molecular flexibility index (Phi) is 7.26. The first kappa shape index (κ1) is 8.14. The minimum absolute atomic E-state index is 1.93. The summed E-state index contributed by atoms with van der Waals surface area (Å²) in [5.74, 6) is 10.2. The SMILES string of the molecule is IC#CC#CC#CI. The highest BCUT2D eigenvalue weighted by Crippen LogP contribution is 1.69. The highest BCUT2D eigenvalue weighted by Gasteiger charge is 1.50. The van der Waals surface area contributed by atoms with Gasteiger partial charge in [-0.05, 0) is 31.5 Å². The van der Waals surface area contributed by atoms with Crippen molar-refractivity contribution in [1.29, 1.82) is 0 Å². The molecular formula is C6I2. The van der Waals surface area contributed by atoms with E-state index in [-0.39, 0.29) is 0 Å². The standard InChI is InChI=1S/C6I2/c7-5-3-1-2-4-6-8. The molecule has 0 saturated carbocycles. The Morgan fingerprint density at radius 2 is 1.00 bits per heavy atom. The van der Waals surface area contributed by atoms with Gasteiger partial charge in [-0.2, -0.15) is 0 Å². The Bertz CT molecular complexity index is 196. The minimum Gasteiger partial charge on any atom is -0.0162 e. The van der Waals surface area contributed by atoms with E-state index in [1.807, 2.05) is 45.2 Å². The van der Waals surface area contributed by atoms with Gasteiger partial charge in [0, 0.05) is 45.2 Å². The maximum Gasteiger partial charge on any atom is 0.0192 e. The van der Waals surface area contributed by atoms with E-state index < -0.39 is 0 Å². The van der Waals surface area contributed by atoms with Crippen molar-refractivity contribution in [2.24, 2.45) is 0 Å². The van der Waals surface area contributed by atoms with Crippen molar-refractivity contribution in [1.82, 2.24) is 0 Å². The normalized spacial score (nSPS) is 3.75. The molecule has 0 N–H and O–H groups in total. The second-order valence-corrected chi connectivity index (χ2v) is 1.77. The van der Waals surface area contributed by atoms with Crippen molar-refractivity contribution in [2.75, 3.05) is 0 Å². The molecule has 0 fully saturated rings. The molecule has 0 aliphatic heterocycles. The summed E-state index contributed by atoms with van der Waals surface area (Å²) in [7, 11) is 0. The van der Waals surface area contributed by atoms with Gasteiger partial charge >= 0.3 is 0 Å². The third-order valence-corrected chi connectivity index (χ3v) is 0.821. The van der Waals surface area contributed by atoms with Gasteiger partial charge in [0.05, 0.1) is 0 Å². The molecule has 0 spiro atoms. The molecule has 0 radical (unpaired) electrons. The van der Waals surface area contributed by atoms with Crippen molar-refractivity contribution in [2.45, 2.75) is 0 Å². The largest absolute Gasteiger partial charge is 0.0192 e. The van der Waals surface area contributed by atoms with Gasteiger partial charge in [-0.15, -0.1) is 0 Å². The Hall–Kier alpha value is 0.140. The lowest BCUT2D eigenvalue weighted by molar-refractivity contribution is 2.46. The summed E-state index contributed by atoms with van der Waals surface area (Å²) in [4.78, 5) is 0. The minimum atomic E-state index is 1.93. The average molecular weight is 326 g/mol. The monoisotopic (exact) mass is 326 g/mol. The second-order valence-electron chi connectivity index (χ2n) is 0.689. The Morgan fingerprint density at radius 1 is 0.625 bits per heavy atom. The molecular weight excluding hydrogens is 326 g/mol. The summed E-state index contributed by atoms with van der Waals surface area (Å²) in [6, 6.07) is 0. The molecule has 38 valence electrons. The van der Waals surface area contributed by atoms with Gasteiger partial charge in [-0.25, -0.2) is 0 Å². The van der Waals surface area contributed by atoms with Crippen LogP contribution < -0.4 is 0 Å². The summed E-state index contributed by atoms with van der Waals surface area (Å²) in [6.07, 6.45) is 0. The van der Waals surface area contributed by atoms with Crippen LogP contribution in [0.15, 0.2) is 0 Å². The third-order valence-electron chi connectivity index (χ3n) is 0.282. The number of rotatable bonds is 0. The highest BCUT2D eigenvalue weighted by molar-refractivity contribution is 14.1. The lowest BCUT2D eigenvalue weighted by Gasteiger charge is -1.50. The quantitative estimate of drug-likeness (QED) is 0.470. The molecule has 0 bridgehead atoms. The molecule has 0 nitrogen and oxygen atoms in total. The van der Waals surface area contributed by atoms with Crippen molar-refractivity contribution in [3.63, 3.8) is 0 Å². The summed E-state index contributed by atoms with van der Waals surface area (Å²) >= 11 is 3.85. The van der Waals surface area contributed by atoms with Crippen LogP contribution >= 0.6 is 45.2 Å². The van der Waals surface area contributed by atoms with Crippen LogP contribution in [0.2, 0.25) is 0 Å². The zero-order valence-corrected chi connectivity index (χ0v) is 8.07. The Morgan fingerprint density at radius 3 is 1.25 bits per heavy atom. The number of hydrogen-bond donors (Lipinski definition) is 0. The molecule has 0 unspecified atom stereocenters. The van der Waals surface area contributed by atoms with Crippen LogP contribution in [0.4, 0.5) is 0 Å². The zero-order chi connectivity index (χ0) is 6.24. The number of hydrogen-bond acceptors (Lipinski definition) is 0. The summed E-state index contributed by atoms with van der Waals surface area (Å²) in [5, 5.41) is 0. The first-order valence-corrected chi connectivity index (χ1v) is 3.79. The van der Waals surface area contributed by atoms with Gasteiger partial charge in [0.15, 0.2) is 0 Å². The fourth-order valence-corrected chi connectivity index (χ4v) is 0.379. The molecule has 0 atom stereocenters. The summed E-state index contributed by atoms with van der Waals surface area (Å²) in [5.41, 5.74) is 0. The van der Waals surface area contributed by atoms with Gasteiger partial charge in [0.25, 0.3) is 0 Å². The van der Waals surface area contributed by atoms with Gasteiger partial charge in [0.2, 0.25) is 0 Å². The summed E-state index contributed by atoms with van der Waals surface area (Å²) < 4.78 is 5.21. The maximum absolute atomic E-state index is 2.60. The number of halogens is 2. The van der Waals surface area contributed by atoms with E-state index in [4.69, 9.17) is 0 Å². The zero-order valence-electron chi connectivity index (χ0n) is 3.76. The Balaban J connectivity index is 3.75. The summed E-state index contributed by atoms with van der Waals surface area (Å²) in [6.45, 7) is 0. The molecule has 0 heterocycles. The van der Waals surface area contributed by atoms with Gasteiger partial charge < -0.3 is 0 Å². The van der Waals surface area contributed by atoms with E-state index in [1.54, 1.807) is 0 Å². The molecule has 0 aliphatic carbocycles. The van der Waals surface area contributed by atoms with Crippen LogP contribution in [0.1, 0.15) is 0 Å². The van der Waals surface area contributed by atoms with Crippen LogP contribution in [0.3, 0.4) is 0 Å². The molecule has 2 heteroatoms. The fraction of sp³-hybridized carbons (Fsp3) is 0. The molecule has 0 rings (SSSR count). The van der Waals surface area contributed by atoms with Crippen molar-refractivity contribution < 1.29 is 0 Å². The van der Waals surface area contributed by atoms with Crippen LogP contribution in [-0.2, 0) is 0 Å². The molecule has 0 aromatic rings. The van der Waals surface area contributed by atoms with Crippen molar-refractivity contribution >= 4 is 45.2 Å². The van der Waals surface area contributed by atoms with E-state index in [0.717, 1.165) is 0 Å². The van der Waals surface area contributed by atoms with Crippen LogP contribution in [-0.4, -0.2) is 0 Å². The maximum atomic E-state index is 2.60. The first-order chi connectivity index (χ1) is 3.91. The van der Waals surface area contributed by atoms with E-state index in [0.29, 0.717) is 0 Å². The van der Waals surface area contributed by atoms with E-state index in [1.165, 1.54) is 0 Å². The molecule has 0 aliphatic rings. The van der Waals surface area contributed by atoms with Gasteiger partial charge in [-0.1, -0.05) is 0 Å². The molecule has 8 heavy (non-hydrogen) atoms. The average Bonchev–Trinajstić information content (AvgIpc) is 1.81. The van der Waals surface area contributed by atoms with Crippen molar-refractivity contribution in [3.8, 4) is 31.5 Å². The van der Waals surface area contributed by atoms with Crippen LogP contribution in [0.5, 0.6) is 0 Å². The van der Waals surface area contributed by atoms with Gasteiger partial charge in [-0.3, -0.25) is 0 Å². The second kappa shape index (κ2) is 7.14. The topological polar surface area (TPSA) is 0 Å². The van der Waals surface area contributed by atoms with Crippen LogP contribution in [0, 0.1) is 31.5 Å². The third kappa shape index (κ3) is 6.14.